The summed E-state index contributed by atoms with van der Waals surface area (Å²) >= 11 is 4.67. The van der Waals surface area contributed by atoms with Crippen molar-refractivity contribution < 1.29 is 79.1 Å². The van der Waals surface area contributed by atoms with E-state index in [0.717, 1.165) is 5.56 Å². The van der Waals surface area contributed by atoms with E-state index in [1.54, 1.807) is 20.8 Å². The first-order valence-electron chi connectivity index (χ1n) is 10.9. The predicted octanol–water partition coefficient (Wildman–Crippen LogP) is -3.61. The van der Waals surface area contributed by atoms with E-state index in [-0.39, 0.29) is 82.1 Å². The van der Waals surface area contributed by atoms with E-state index < -0.39 is 17.9 Å². The van der Waals surface area contributed by atoms with Crippen LogP contribution in [0.4, 0.5) is 5.69 Å². The van der Waals surface area contributed by atoms with Crippen molar-refractivity contribution in [2.45, 2.75) is 6.54 Å². The molecule has 1 aromatic carbocycles. The van der Waals surface area contributed by atoms with Crippen molar-refractivity contribution >= 4 is 41.0 Å². The molecule has 11 nitrogen and oxygen atoms in total. The maximum absolute atomic E-state index is 11.2. The molecule has 190 valence electrons. The third-order valence-electron chi connectivity index (χ3n) is 5.48. The Labute approximate surface area is 250 Å². The fraction of sp³-hybridized carbons (Fsp3) is 0.545. The van der Waals surface area contributed by atoms with Crippen molar-refractivity contribution in [1.82, 2.24) is 19.6 Å². The quantitative estimate of drug-likeness (QED) is 0.195. The van der Waals surface area contributed by atoms with Crippen molar-refractivity contribution in [3.8, 4) is 0 Å². The molecular weight excluding hydrogens is 614 g/mol. The predicted molar refractivity (Wildman–Crippen MR) is 121 cm³/mol. The van der Waals surface area contributed by atoms with Crippen LogP contribution in [0, 0.1) is 49.4 Å². The zero-order valence-electron chi connectivity index (χ0n) is 19.3. The molecule has 0 radical (unpaired) electrons. The van der Waals surface area contributed by atoms with Crippen LogP contribution < -0.4 is 15.3 Å². The molecule has 1 aliphatic rings. The molecule has 1 heterocycles. The number of carboxylic acid groups (broad SMARTS) is 3. The number of benzene rings is 1. The summed E-state index contributed by atoms with van der Waals surface area (Å²) in [6.45, 7) is 2.70. The van der Waals surface area contributed by atoms with Crippen LogP contribution in [-0.4, -0.2) is 115 Å². The Morgan fingerprint density at radius 2 is 1.17 bits per heavy atom. The summed E-state index contributed by atoms with van der Waals surface area (Å²) in [5.74, 6) is -3.68. The number of nitrogens with zero attached hydrogens (tertiary/aromatic N) is 5. The van der Waals surface area contributed by atoms with E-state index >= 15 is 0 Å². The topological polar surface area (TPSA) is 146 Å². The van der Waals surface area contributed by atoms with Gasteiger partial charge in [0.25, 0.3) is 0 Å². The molecule has 13 heteroatoms. The van der Waals surface area contributed by atoms with Crippen molar-refractivity contribution in [1.29, 1.82) is 0 Å². The van der Waals surface area contributed by atoms with E-state index in [2.05, 4.69) is 27.3 Å². The van der Waals surface area contributed by atoms with Crippen LogP contribution in [0.1, 0.15) is 5.56 Å². The first kappa shape index (κ1) is 31.9. The number of carbonyl (C=O) groups excluding carboxylic acids is 3. The van der Waals surface area contributed by atoms with Crippen LogP contribution in [0.15, 0.2) is 29.3 Å². The van der Waals surface area contributed by atoms with Gasteiger partial charge in [0.15, 0.2) is 0 Å². The molecule has 0 spiro atoms. The monoisotopic (exact) mass is 643 g/mol. The number of aliphatic imine (C=N–C) groups is 1. The number of carbonyl (C=O) groups is 3. The normalized spacial score (nSPS) is 17.3. The van der Waals surface area contributed by atoms with E-state index in [4.69, 9.17) is 0 Å². The van der Waals surface area contributed by atoms with E-state index in [0.29, 0.717) is 51.5 Å². The summed E-state index contributed by atoms with van der Waals surface area (Å²) < 4.78 is 0. The van der Waals surface area contributed by atoms with E-state index in [1.807, 2.05) is 18.2 Å². The third kappa shape index (κ3) is 13.7. The van der Waals surface area contributed by atoms with Gasteiger partial charge in [-0.2, -0.15) is 4.99 Å². The average Bonchev–Trinajstić information content (AvgIpc) is 2.75. The van der Waals surface area contributed by atoms with Crippen molar-refractivity contribution in [3.63, 3.8) is 0 Å². The Kier molecular flexibility index (Phi) is 15.8. The molecular formula is C22H28EuN5O6S. The summed E-state index contributed by atoms with van der Waals surface area (Å²) in [5.41, 5.74) is 1.64. The summed E-state index contributed by atoms with van der Waals surface area (Å²) in [6.07, 6.45) is 0. The summed E-state index contributed by atoms with van der Waals surface area (Å²) in [5, 5.41) is 36.0. The Balaban J connectivity index is 0.00000612. The van der Waals surface area contributed by atoms with Gasteiger partial charge in [0.1, 0.15) is 0 Å². The Morgan fingerprint density at radius 3 is 1.54 bits per heavy atom. The number of isothiocyanates is 1. The Hall–Kier alpha value is -1.15. The van der Waals surface area contributed by atoms with Crippen molar-refractivity contribution in [2.75, 3.05) is 72.0 Å². The molecule has 35 heavy (non-hydrogen) atoms. The second-order valence-corrected chi connectivity index (χ2v) is 8.28. The standard InChI is InChI=1S/C22H31N5O6S.Eu/c28-20(29)14-25-6-4-24(13-18-2-1-3-19(12-18)23-17-34)5-7-26(15-21(30)31)9-11-27(10-8-25)16-22(32)33;/h1-3,12H,4-11,13-16H2,(H,28,29)(H,30,31)(H,32,33);/q;+3/p-3. The van der Waals surface area contributed by atoms with Crippen LogP contribution in [0.2, 0.25) is 0 Å². The fourth-order valence-electron chi connectivity index (χ4n) is 3.79. The van der Waals surface area contributed by atoms with Gasteiger partial charge < -0.3 is 29.7 Å². The molecule has 0 aliphatic carbocycles. The number of thiocarbonyl (C=S) groups is 1. The van der Waals surface area contributed by atoms with Gasteiger partial charge in [-0.25, -0.2) is 0 Å². The molecule has 1 aliphatic heterocycles. The number of hydrogen-bond donors (Lipinski definition) is 0. The Morgan fingerprint density at radius 1 is 0.771 bits per heavy atom. The molecule has 0 bridgehead atoms. The van der Waals surface area contributed by atoms with Crippen LogP contribution >= 0.6 is 12.2 Å². The second kappa shape index (κ2) is 17.3. The summed E-state index contributed by atoms with van der Waals surface area (Å²) in [4.78, 5) is 44.7. The summed E-state index contributed by atoms with van der Waals surface area (Å²) in [7, 11) is 0. The molecule has 2 rings (SSSR count). The second-order valence-electron chi connectivity index (χ2n) is 8.09. The third-order valence-corrected chi connectivity index (χ3v) is 5.57. The molecule has 0 aromatic heterocycles. The molecule has 0 N–H and O–H groups in total. The van der Waals surface area contributed by atoms with Gasteiger partial charge in [0, 0.05) is 78.5 Å². The van der Waals surface area contributed by atoms with Gasteiger partial charge in [-0.1, -0.05) is 12.1 Å². The molecule has 1 saturated heterocycles. The number of rotatable bonds is 9. The van der Waals surface area contributed by atoms with Gasteiger partial charge in [0.05, 0.1) is 28.8 Å². The van der Waals surface area contributed by atoms with Gasteiger partial charge >= 0.3 is 49.4 Å². The average molecular weight is 643 g/mol. The zero-order chi connectivity index (χ0) is 24.9. The first-order chi connectivity index (χ1) is 16.2. The minimum atomic E-state index is -1.25. The number of hydrogen-bond acceptors (Lipinski definition) is 12. The molecule has 1 aromatic rings. The minimum absolute atomic E-state index is 0. The van der Waals surface area contributed by atoms with Crippen LogP contribution in [0.5, 0.6) is 0 Å². The van der Waals surface area contributed by atoms with Gasteiger partial charge in [-0.15, -0.1) is 0 Å². The fourth-order valence-corrected chi connectivity index (χ4v) is 3.90. The number of carboxylic acids is 3. The molecule has 0 unspecified atom stereocenters. The van der Waals surface area contributed by atoms with E-state index in [1.165, 1.54) is 0 Å². The Bertz CT molecular complexity index is 869. The van der Waals surface area contributed by atoms with Crippen molar-refractivity contribution in [2.24, 2.45) is 4.99 Å². The van der Waals surface area contributed by atoms with Gasteiger partial charge in [0.2, 0.25) is 0 Å². The zero-order valence-corrected chi connectivity index (χ0v) is 22.5. The largest absolute Gasteiger partial charge is 3.00 e. The first-order valence-corrected chi connectivity index (χ1v) is 11.3. The smallest absolute Gasteiger partial charge is 0.549 e. The van der Waals surface area contributed by atoms with E-state index in [9.17, 15) is 29.7 Å². The molecule has 0 amide bonds. The van der Waals surface area contributed by atoms with Gasteiger partial charge in [-0.3, -0.25) is 19.6 Å². The maximum Gasteiger partial charge on any atom is 3.00 e. The molecule has 0 saturated carbocycles. The molecule has 1 fully saturated rings. The van der Waals surface area contributed by atoms with Gasteiger partial charge in [-0.05, 0) is 29.9 Å². The summed E-state index contributed by atoms with van der Waals surface area (Å²) in [6, 6.07) is 7.48. The molecule has 0 atom stereocenters. The van der Waals surface area contributed by atoms with Crippen LogP contribution in [0.3, 0.4) is 0 Å². The van der Waals surface area contributed by atoms with Crippen molar-refractivity contribution in [3.05, 3.63) is 29.8 Å². The SMILES string of the molecule is O=C([O-])CN1CCN(CC(=O)[O-])CCN(Cc2cccc(N=C=S)c2)CCN(CC(=O)[O-])CC1.[Eu+3]. The van der Waals surface area contributed by atoms with Crippen LogP contribution in [-0.2, 0) is 20.9 Å². The maximum atomic E-state index is 11.2. The van der Waals surface area contributed by atoms with Crippen LogP contribution in [0.25, 0.3) is 0 Å². The number of aliphatic carboxylic acids is 3. The minimum Gasteiger partial charge on any atom is -0.549 e.